The van der Waals surface area contributed by atoms with E-state index in [0.29, 0.717) is 6.42 Å². The Labute approximate surface area is 228 Å². The number of aliphatic carboxylic acids is 1. The van der Waals surface area contributed by atoms with Gasteiger partial charge in [0.15, 0.2) is 0 Å². The van der Waals surface area contributed by atoms with Gasteiger partial charge in [-0.05, 0) is 51.4 Å². The number of hydrogen-bond donors (Lipinski definition) is 4. The molecule has 0 atom stereocenters. The van der Waals surface area contributed by atoms with Crippen LogP contribution in [-0.2, 0) is 20.8 Å². The fourth-order valence-corrected chi connectivity index (χ4v) is 2.89. The van der Waals surface area contributed by atoms with Crippen LogP contribution in [0.1, 0.15) is 77.3 Å². The van der Waals surface area contributed by atoms with Gasteiger partial charge >= 0.3 is 5.97 Å². The Morgan fingerprint density at radius 3 is 1.84 bits per heavy atom. The molecule has 0 aliphatic heterocycles. The highest BCUT2D eigenvalue weighted by Gasteiger charge is 2.05. The zero-order valence-corrected chi connectivity index (χ0v) is 23.0. The number of aromatic amines is 1. The van der Waals surface area contributed by atoms with Crippen molar-refractivity contribution in [2.24, 2.45) is 0 Å². The number of carboxylic acid groups (broad SMARTS) is 1. The molecule has 4 N–H and O–H groups in total. The van der Waals surface area contributed by atoms with Crippen LogP contribution in [-0.4, -0.2) is 45.9 Å². The molecule has 0 aliphatic rings. The minimum atomic E-state index is -1.09. The molecule has 1 rings (SSSR count). The molecule has 0 fully saturated rings. The number of hydrogen-bond acceptors (Lipinski definition) is 4. The highest BCUT2D eigenvalue weighted by Crippen LogP contribution is 1.99. The molecule has 0 radical (unpaired) electrons. The Kier molecular flexibility index (Phi) is 23.8. The van der Waals surface area contributed by atoms with Crippen molar-refractivity contribution in [3.8, 4) is 0 Å². The Bertz CT molecular complexity index is 884. The van der Waals surface area contributed by atoms with E-state index in [1.54, 1.807) is 6.33 Å². The van der Waals surface area contributed by atoms with Gasteiger partial charge in [-0.1, -0.05) is 74.6 Å². The number of carbonyl (C=O) groups is 3. The van der Waals surface area contributed by atoms with Crippen LogP contribution in [0.25, 0.3) is 0 Å². The van der Waals surface area contributed by atoms with Gasteiger partial charge < -0.3 is 20.7 Å². The average Bonchev–Trinajstić information content (AvgIpc) is 3.44. The maximum Gasteiger partial charge on any atom is 0.322 e. The minimum absolute atomic E-state index is 0.0772. The number of nitrogens with zero attached hydrogens (tertiary/aromatic N) is 1. The van der Waals surface area contributed by atoms with E-state index in [4.69, 9.17) is 5.11 Å². The van der Waals surface area contributed by atoms with Crippen molar-refractivity contribution in [3.05, 3.63) is 79.0 Å². The molecule has 1 aromatic rings. The lowest BCUT2D eigenvalue weighted by Gasteiger charge is -2.04. The molecule has 38 heavy (non-hydrogen) atoms. The molecule has 0 unspecified atom stereocenters. The normalized spacial score (nSPS) is 11.5. The van der Waals surface area contributed by atoms with Crippen LogP contribution in [0.5, 0.6) is 0 Å². The molecule has 0 bridgehead atoms. The summed E-state index contributed by atoms with van der Waals surface area (Å²) >= 11 is 0. The number of allylic oxidation sites excluding steroid dienone is 10. The smallest absolute Gasteiger partial charge is 0.322 e. The van der Waals surface area contributed by atoms with E-state index in [1.165, 1.54) is 5.69 Å². The molecular formula is C30H46N4O4. The Balaban J connectivity index is 0.00000167. The van der Waals surface area contributed by atoms with Crippen molar-refractivity contribution in [2.75, 3.05) is 13.1 Å². The Morgan fingerprint density at radius 2 is 1.37 bits per heavy atom. The van der Waals surface area contributed by atoms with Crippen molar-refractivity contribution < 1.29 is 19.5 Å². The first kappa shape index (κ1) is 34.3. The summed E-state index contributed by atoms with van der Waals surface area (Å²) in [6, 6.07) is 0. The molecule has 1 heterocycles. The molecule has 8 nitrogen and oxygen atoms in total. The van der Waals surface area contributed by atoms with Crippen LogP contribution in [0.3, 0.4) is 0 Å². The molecule has 210 valence electrons. The fraction of sp³-hybridized carbons (Fsp3) is 0.467. The number of H-pyrrole nitrogens is 1. The van der Waals surface area contributed by atoms with E-state index in [2.05, 4.69) is 95.2 Å². The standard InChI is InChI=1S/C25H38N2O4.C5H8N2/c1-2-3-4-5-6-7-8-9-10-11-12-13-14-15-16-17-18-19-23(28)26-21-20-24(29)27-22-25(30)31;1-2-5-3-6-4-7-5/h3-4,6-7,9-10,12-13,15-16H,2,5,8,11,14,17-22H2,1H3,(H,26,28)(H,27,29)(H,30,31);3-4H,2H2,1H3,(H,6,7)/b4-3-,7-6-,10-9-,13-12-,16-15-;. The van der Waals surface area contributed by atoms with Gasteiger partial charge in [-0.25, -0.2) is 4.98 Å². The molecule has 0 spiro atoms. The third kappa shape index (κ3) is 25.4. The zero-order valence-electron chi connectivity index (χ0n) is 23.0. The van der Waals surface area contributed by atoms with E-state index in [0.717, 1.165) is 51.4 Å². The molecule has 0 aliphatic carbocycles. The molecule has 1 aromatic heterocycles. The van der Waals surface area contributed by atoms with E-state index in [-0.39, 0.29) is 24.8 Å². The molecule has 0 saturated carbocycles. The number of imidazole rings is 1. The van der Waals surface area contributed by atoms with E-state index in [1.807, 2.05) is 6.20 Å². The van der Waals surface area contributed by atoms with Crippen molar-refractivity contribution in [1.82, 2.24) is 20.6 Å². The van der Waals surface area contributed by atoms with E-state index < -0.39 is 12.5 Å². The highest BCUT2D eigenvalue weighted by atomic mass is 16.4. The number of nitrogens with one attached hydrogen (secondary N) is 3. The third-order valence-corrected chi connectivity index (χ3v) is 4.98. The SMILES string of the molecule is CC/C=C\C/C=C\C/C=C\C/C=C\C/C=C\CCCC(=O)NCCC(=O)NCC(=O)O.CCc1cnc[nH]1. The maximum absolute atomic E-state index is 11.7. The summed E-state index contributed by atoms with van der Waals surface area (Å²) in [6.07, 6.45) is 33.0. The van der Waals surface area contributed by atoms with Gasteiger partial charge in [0.2, 0.25) is 11.8 Å². The van der Waals surface area contributed by atoms with E-state index >= 15 is 0 Å². The van der Waals surface area contributed by atoms with Crippen molar-refractivity contribution in [2.45, 2.75) is 78.1 Å². The molecule has 2 amide bonds. The maximum atomic E-state index is 11.7. The number of carbonyl (C=O) groups excluding carboxylic acids is 2. The number of carboxylic acids is 1. The lowest BCUT2D eigenvalue weighted by atomic mass is 10.2. The largest absolute Gasteiger partial charge is 0.480 e. The van der Waals surface area contributed by atoms with Crippen LogP contribution in [0.2, 0.25) is 0 Å². The number of unbranched alkanes of at least 4 members (excludes halogenated alkanes) is 1. The first-order valence-electron chi connectivity index (χ1n) is 13.5. The molecule has 0 saturated heterocycles. The minimum Gasteiger partial charge on any atom is -0.480 e. The molecule has 0 aromatic carbocycles. The van der Waals surface area contributed by atoms with Crippen molar-refractivity contribution in [1.29, 1.82) is 0 Å². The van der Waals surface area contributed by atoms with Crippen LogP contribution < -0.4 is 10.6 Å². The predicted octanol–water partition coefficient (Wildman–Crippen LogP) is 5.59. The lowest BCUT2D eigenvalue weighted by Crippen LogP contribution is -2.33. The quantitative estimate of drug-likeness (QED) is 0.138. The van der Waals surface area contributed by atoms with Crippen molar-refractivity contribution >= 4 is 17.8 Å². The van der Waals surface area contributed by atoms with Gasteiger partial charge in [-0.2, -0.15) is 0 Å². The second-order valence-corrected chi connectivity index (χ2v) is 8.30. The monoisotopic (exact) mass is 526 g/mol. The molecule has 8 heteroatoms. The number of rotatable bonds is 19. The summed E-state index contributed by atoms with van der Waals surface area (Å²) < 4.78 is 0. The first-order valence-corrected chi connectivity index (χ1v) is 13.5. The number of amides is 2. The number of aryl methyl sites for hydroxylation is 1. The van der Waals surface area contributed by atoms with Gasteiger partial charge in [-0.3, -0.25) is 14.4 Å². The summed E-state index contributed by atoms with van der Waals surface area (Å²) in [5.41, 5.74) is 1.19. The zero-order chi connectivity index (χ0) is 28.1. The van der Waals surface area contributed by atoms with E-state index in [9.17, 15) is 14.4 Å². The fourth-order valence-electron chi connectivity index (χ4n) is 2.89. The number of aromatic nitrogens is 2. The van der Waals surface area contributed by atoms with Gasteiger partial charge in [0, 0.05) is 31.3 Å². The summed E-state index contributed by atoms with van der Waals surface area (Å²) in [7, 11) is 0. The summed E-state index contributed by atoms with van der Waals surface area (Å²) in [5.74, 6) is -1.58. The van der Waals surface area contributed by atoms with Gasteiger partial charge in [0.05, 0.1) is 6.33 Å². The predicted molar refractivity (Wildman–Crippen MR) is 155 cm³/mol. The second-order valence-electron chi connectivity index (χ2n) is 8.30. The second kappa shape index (κ2) is 26.4. The van der Waals surface area contributed by atoms with Crippen LogP contribution in [0.4, 0.5) is 0 Å². The summed E-state index contributed by atoms with van der Waals surface area (Å²) in [5, 5.41) is 13.4. The Hall–Kier alpha value is -3.68. The van der Waals surface area contributed by atoms with Crippen molar-refractivity contribution in [3.63, 3.8) is 0 Å². The van der Waals surface area contributed by atoms with Crippen LogP contribution in [0.15, 0.2) is 73.3 Å². The topological polar surface area (TPSA) is 124 Å². The average molecular weight is 527 g/mol. The van der Waals surface area contributed by atoms with Gasteiger partial charge in [0.1, 0.15) is 6.54 Å². The van der Waals surface area contributed by atoms with Crippen LogP contribution in [0, 0.1) is 0 Å². The highest BCUT2D eigenvalue weighted by molar-refractivity contribution is 5.82. The first-order chi connectivity index (χ1) is 18.5. The van der Waals surface area contributed by atoms with Crippen LogP contribution >= 0.6 is 0 Å². The summed E-state index contributed by atoms with van der Waals surface area (Å²) in [4.78, 5) is 40.1. The third-order valence-electron chi connectivity index (χ3n) is 4.98. The van der Waals surface area contributed by atoms with Gasteiger partial charge in [0.25, 0.3) is 0 Å². The lowest BCUT2D eigenvalue weighted by molar-refractivity contribution is -0.138. The molecular weight excluding hydrogens is 480 g/mol. The van der Waals surface area contributed by atoms with Gasteiger partial charge in [-0.15, -0.1) is 0 Å². The Morgan fingerprint density at radius 1 is 0.816 bits per heavy atom. The summed E-state index contributed by atoms with van der Waals surface area (Å²) in [6.45, 7) is 4.04.